The van der Waals surface area contributed by atoms with Crippen molar-refractivity contribution in [2.24, 2.45) is 11.7 Å². The minimum Gasteiger partial charge on any atom is -0.435 e. The minimum absolute atomic E-state index is 0.0358. The van der Waals surface area contributed by atoms with Gasteiger partial charge in [-0.25, -0.2) is 0 Å². The second-order valence-electron chi connectivity index (χ2n) is 4.57. The number of benzene rings is 1. The van der Waals surface area contributed by atoms with Gasteiger partial charge in [0.15, 0.2) is 0 Å². The molecule has 0 bridgehead atoms. The van der Waals surface area contributed by atoms with E-state index >= 15 is 0 Å². The summed E-state index contributed by atoms with van der Waals surface area (Å²) in [6, 6.07) is 6.18. The molecule has 112 valence electrons. The molecule has 0 spiro atoms. The van der Waals surface area contributed by atoms with E-state index in [9.17, 15) is 13.6 Å². The summed E-state index contributed by atoms with van der Waals surface area (Å²) >= 11 is 0. The normalized spacial score (nSPS) is 12.2. The topological polar surface area (TPSA) is 64.4 Å². The molecule has 3 N–H and O–H groups in total. The molecule has 0 radical (unpaired) electrons. The molecule has 0 saturated heterocycles. The third-order valence-corrected chi connectivity index (χ3v) is 2.90. The molecule has 20 heavy (non-hydrogen) atoms. The molecular weight excluding hydrogens is 266 g/mol. The largest absolute Gasteiger partial charge is 0.435 e. The first-order chi connectivity index (χ1) is 9.52. The molecule has 1 amide bonds. The number of rotatable bonds is 8. The first kappa shape index (κ1) is 16.4. The van der Waals surface area contributed by atoms with E-state index in [1.54, 1.807) is 12.1 Å². The number of alkyl halides is 2. The van der Waals surface area contributed by atoms with E-state index in [0.717, 1.165) is 18.4 Å². The number of nitrogens with one attached hydrogen (secondary N) is 1. The highest BCUT2D eigenvalue weighted by atomic mass is 19.3. The standard InChI is InChI=1S/C14H20F2N2O2/c1-10(3-2-8-17)13(19)18-9-11-4-6-12(7-5-11)20-14(15)16/h4-7,10,14H,2-3,8-9,17H2,1H3,(H,18,19). The Kier molecular flexibility index (Phi) is 6.93. The molecule has 4 nitrogen and oxygen atoms in total. The van der Waals surface area contributed by atoms with Crippen LogP contribution in [-0.4, -0.2) is 19.1 Å². The van der Waals surface area contributed by atoms with Gasteiger partial charge < -0.3 is 15.8 Å². The van der Waals surface area contributed by atoms with Gasteiger partial charge in [-0.1, -0.05) is 19.1 Å². The molecule has 0 aromatic heterocycles. The van der Waals surface area contributed by atoms with Crippen LogP contribution in [0.4, 0.5) is 8.78 Å². The summed E-state index contributed by atoms with van der Waals surface area (Å²) in [5, 5.41) is 2.80. The first-order valence-corrected chi connectivity index (χ1v) is 6.54. The Balaban J connectivity index is 2.39. The second-order valence-corrected chi connectivity index (χ2v) is 4.57. The maximum atomic E-state index is 12.0. The second kappa shape index (κ2) is 8.47. The number of carbonyl (C=O) groups is 1. The third-order valence-electron chi connectivity index (χ3n) is 2.90. The monoisotopic (exact) mass is 286 g/mol. The Hall–Kier alpha value is -1.69. The SMILES string of the molecule is CC(CCCN)C(=O)NCc1ccc(OC(F)F)cc1. The molecular formula is C14H20F2N2O2. The summed E-state index contributed by atoms with van der Waals surface area (Å²) in [4.78, 5) is 11.8. The fourth-order valence-corrected chi connectivity index (χ4v) is 1.71. The number of amides is 1. The average molecular weight is 286 g/mol. The van der Waals surface area contributed by atoms with Crippen molar-refractivity contribution < 1.29 is 18.3 Å². The van der Waals surface area contributed by atoms with E-state index in [1.165, 1.54) is 12.1 Å². The van der Waals surface area contributed by atoms with Crippen molar-refractivity contribution in [3.05, 3.63) is 29.8 Å². The van der Waals surface area contributed by atoms with Crippen molar-refractivity contribution in [2.75, 3.05) is 6.54 Å². The number of hydrogen-bond donors (Lipinski definition) is 2. The van der Waals surface area contributed by atoms with Crippen LogP contribution < -0.4 is 15.8 Å². The van der Waals surface area contributed by atoms with Gasteiger partial charge in [0.1, 0.15) is 5.75 Å². The summed E-state index contributed by atoms with van der Waals surface area (Å²) in [7, 11) is 0. The average Bonchev–Trinajstić information content (AvgIpc) is 2.43. The van der Waals surface area contributed by atoms with Crippen LogP contribution in [0.2, 0.25) is 0 Å². The van der Waals surface area contributed by atoms with Gasteiger partial charge in [-0.15, -0.1) is 0 Å². The molecule has 1 unspecified atom stereocenters. The number of halogens is 2. The number of ether oxygens (including phenoxy) is 1. The summed E-state index contributed by atoms with van der Waals surface area (Å²) in [6.07, 6.45) is 1.57. The molecule has 1 aromatic rings. The Bertz CT molecular complexity index is 410. The predicted molar refractivity (Wildman–Crippen MR) is 72.4 cm³/mol. The lowest BCUT2D eigenvalue weighted by molar-refractivity contribution is -0.124. The molecule has 1 rings (SSSR count). The zero-order chi connectivity index (χ0) is 15.0. The number of hydrogen-bond acceptors (Lipinski definition) is 3. The van der Waals surface area contributed by atoms with Gasteiger partial charge >= 0.3 is 6.61 Å². The Morgan fingerprint density at radius 2 is 2.00 bits per heavy atom. The van der Waals surface area contributed by atoms with Gasteiger partial charge in [0.05, 0.1) is 0 Å². The van der Waals surface area contributed by atoms with E-state index in [2.05, 4.69) is 10.1 Å². The summed E-state index contributed by atoms with van der Waals surface area (Å²) in [5.41, 5.74) is 6.22. The maximum absolute atomic E-state index is 12.0. The highest BCUT2D eigenvalue weighted by Crippen LogP contribution is 2.15. The summed E-state index contributed by atoms with van der Waals surface area (Å²) in [6.45, 7) is -0.0434. The van der Waals surface area contributed by atoms with Crippen LogP contribution in [0.1, 0.15) is 25.3 Å². The smallest absolute Gasteiger partial charge is 0.387 e. The molecule has 0 aliphatic heterocycles. The highest BCUT2D eigenvalue weighted by Gasteiger charge is 2.11. The zero-order valence-corrected chi connectivity index (χ0v) is 11.4. The van der Waals surface area contributed by atoms with Gasteiger partial charge in [0.25, 0.3) is 0 Å². The zero-order valence-electron chi connectivity index (χ0n) is 11.4. The lowest BCUT2D eigenvalue weighted by atomic mass is 10.0. The van der Waals surface area contributed by atoms with Crippen LogP contribution in [-0.2, 0) is 11.3 Å². The maximum Gasteiger partial charge on any atom is 0.387 e. The Morgan fingerprint density at radius 1 is 1.35 bits per heavy atom. The van der Waals surface area contributed by atoms with Crippen molar-refractivity contribution >= 4 is 5.91 Å². The van der Waals surface area contributed by atoms with Crippen LogP contribution in [0.5, 0.6) is 5.75 Å². The molecule has 0 aliphatic carbocycles. The van der Waals surface area contributed by atoms with E-state index in [0.29, 0.717) is 13.1 Å². The van der Waals surface area contributed by atoms with Crippen molar-refractivity contribution in [1.82, 2.24) is 5.32 Å². The fraction of sp³-hybridized carbons (Fsp3) is 0.500. The third kappa shape index (κ3) is 5.97. The van der Waals surface area contributed by atoms with Gasteiger partial charge in [-0.2, -0.15) is 8.78 Å². The number of nitrogens with two attached hydrogens (primary N) is 1. The molecule has 0 aliphatic rings. The Labute approximate surface area is 117 Å². The fourth-order valence-electron chi connectivity index (χ4n) is 1.71. The first-order valence-electron chi connectivity index (χ1n) is 6.54. The van der Waals surface area contributed by atoms with Crippen molar-refractivity contribution in [3.8, 4) is 5.75 Å². The quantitative estimate of drug-likeness (QED) is 0.770. The summed E-state index contributed by atoms with van der Waals surface area (Å²) in [5.74, 6) is -0.0160. The predicted octanol–water partition coefficient (Wildman–Crippen LogP) is 2.28. The van der Waals surface area contributed by atoms with Gasteiger partial charge in [0, 0.05) is 12.5 Å². The Morgan fingerprint density at radius 3 is 2.55 bits per heavy atom. The minimum atomic E-state index is -2.83. The van der Waals surface area contributed by atoms with Crippen molar-refractivity contribution in [2.45, 2.75) is 32.9 Å². The molecule has 6 heteroatoms. The highest BCUT2D eigenvalue weighted by molar-refractivity contribution is 5.78. The lowest BCUT2D eigenvalue weighted by Crippen LogP contribution is -2.29. The van der Waals surface area contributed by atoms with Crippen LogP contribution >= 0.6 is 0 Å². The summed E-state index contributed by atoms with van der Waals surface area (Å²) < 4.78 is 28.2. The van der Waals surface area contributed by atoms with Gasteiger partial charge in [0.2, 0.25) is 5.91 Å². The molecule has 0 fully saturated rings. The van der Waals surface area contributed by atoms with E-state index in [-0.39, 0.29) is 17.6 Å². The molecule has 1 atom stereocenters. The number of carbonyl (C=O) groups excluding carboxylic acids is 1. The van der Waals surface area contributed by atoms with Gasteiger partial charge in [-0.05, 0) is 37.1 Å². The van der Waals surface area contributed by atoms with Crippen molar-refractivity contribution in [3.63, 3.8) is 0 Å². The van der Waals surface area contributed by atoms with E-state index < -0.39 is 6.61 Å². The van der Waals surface area contributed by atoms with Crippen LogP contribution in [0.25, 0.3) is 0 Å². The van der Waals surface area contributed by atoms with E-state index in [4.69, 9.17) is 5.73 Å². The van der Waals surface area contributed by atoms with Crippen LogP contribution in [0.3, 0.4) is 0 Å². The molecule has 0 saturated carbocycles. The lowest BCUT2D eigenvalue weighted by Gasteiger charge is -2.12. The van der Waals surface area contributed by atoms with Crippen LogP contribution in [0.15, 0.2) is 24.3 Å². The van der Waals surface area contributed by atoms with Crippen LogP contribution in [0, 0.1) is 5.92 Å². The van der Waals surface area contributed by atoms with Gasteiger partial charge in [-0.3, -0.25) is 4.79 Å². The molecule has 0 heterocycles. The molecule has 1 aromatic carbocycles. The van der Waals surface area contributed by atoms with E-state index in [1.807, 2.05) is 6.92 Å². The van der Waals surface area contributed by atoms with Crippen molar-refractivity contribution in [1.29, 1.82) is 0 Å².